The number of fused-ring (bicyclic) bond motifs is 1. The maximum atomic E-state index is 13.7. The summed E-state index contributed by atoms with van der Waals surface area (Å²) in [7, 11) is 1.70. The molecule has 0 aliphatic carbocycles. The van der Waals surface area contributed by atoms with Crippen LogP contribution in [0.4, 0.5) is 4.39 Å². The molecule has 25 heavy (non-hydrogen) atoms. The van der Waals surface area contributed by atoms with E-state index < -0.39 is 17.3 Å². The molecule has 0 saturated carbocycles. The van der Waals surface area contributed by atoms with Gasteiger partial charge in [0, 0.05) is 31.7 Å². The van der Waals surface area contributed by atoms with E-state index in [0.29, 0.717) is 5.56 Å². The van der Waals surface area contributed by atoms with Crippen LogP contribution < -0.4 is 5.32 Å². The summed E-state index contributed by atoms with van der Waals surface area (Å²) in [5.74, 6) is -2.70. The monoisotopic (exact) mass is 349 g/mol. The summed E-state index contributed by atoms with van der Waals surface area (Å²) in [4.78, 5) is 39.1. The highest BCUT2D eigenvalue weighted by Crippen LogP contribution is 2.39. The van der Waals surface area contributed by atoms with Crippen molar-refractivity contribution in [2.75, 3.05) is 33.2 Å². The summed E-state index contributed by atoms with van der Waals surface area (Å²) in [6, 6.07) is 6.34. The first-order valence-corrected chi connectivity index (χ1v) is 8.04. The second-order valence-corrected chi connectivity index (χ2v) is 6.77. The van der Waals surface area contributed by atoms with Gasteiger partial charge >= 0.3 is 5.97 Å². The Balaban J connectivity index is 1.63. The Morgan fingerprint density at radius 1 is 1.44 bits per heavy atom. The lowest BCUT2D eigenvalue weighted by atomic mass is 9.81. The molecule has 2 aliphatic rings. The molecule has 0 radical (unpaired) electrons. The maximum absolute atomic E-state index is 13.7. The molecule has 0 aromatic heterocycles. The first-order valence-electron chi connectivity index (χ1n) is 8.04. The quantitative estimate of drug-likeness (QED) is 0.776. The van der Waals surface area contributed by atoms with Gasteiger partial charge in [-0.25, -0.2) is 4.39 Å². The van der Waals surface area contributed by atoms with E-state index in [9.17, 15) is 23.9 Å². The molecule has 2 atom stereocenters. The fourth-order valence-corrected chi connectivity index (χ4v) is 3.58. The molecule has 0 spiro atoms. The minimum Gasteiger partial charge on any atom is -0.481 e. The lowest BCUT2D eigenvalue weighted by Gasteiger charge is -2.24. The van der Waals surface area contributed by atoms with Crippen molar-refractivity contribution in [3.8, 4) is 0 Å². The number of carboxylic acids is 1. The van der Waals surface area contributed by atoms with Crippen molar-refractivity contribution in [1.82, 2.24) is 15.1 Å². The number of hydrogen-bond donors (Lipinski definition) is 2. The number of rotatable bonds is 5. The van der Waals surface area contributed by atoms with Crippen LogP contribution in [0.15, 0.2) is 24.3 Å². The predicted molar refractivity (Wildman–Crippen MR) is 85.9 cm³/mol. The van der Waals surface area contributed by atoms with E-state index in [1.165, 1.54) is 11.0 Å². The third-order valence-corrected chi connectivity index (χ3v) is 5.02. The lowest BCUT2D eigenvalue weighted by Crippen LogP contribution is -2.43. The molecule has 134 valence electrons. The van der Waals surface area contributed by atoms with Crippen LogP contribution in [0.25, 0.3) is 0 Å². The average Bonchev–Trinajstić information content (AvgIpc) is 3.09. The van der Waals surface area contributed by atoms with E-state index in [-0.39, 0.29) is 50.4 Å². The number of halogens is 1. The standard InChI is InChI=1S/C17H20FN3O4/c1-20(6-11-4-2-3-5-13(11)18)8-14(22)21-7-12-15(23)19-9-17(12,10-21)16(24)25/h2-5,12H,6-10H2,1H3,(H,19,23)(H,24,25)/t12-,17+/m0/s1. The molecule has 2 N–H and O–H groups in total. The zero-order valence-corrected chi connectivity index (χ0v) is 13.9. The van der Waals surface area contributed by atoms with Crippen molar-refractivity contribution in [2.24, 2.45) is 11.3 Å². The summed E-state index contributed by atoms with van der Waals surface area (Å²) in [5.41, 5.74) is -0.755. The van der Waals surface area contributed by atoms with Crippen LogP contribution in [0.2, 0.25) is 0 Å². The summed E-state index contributed by atoms with van der Waals surface area (Å²) in [6.45, 7) is 0.446. The van der Waals surface area contributed by atoms with Gasteiger partial charge < -0.3 is 15.3 Å². The Hall–Kier alpha value is -2.48. The molecule has 1 aromatic rings. The Morgan fingerprint density at radius 2 is 2.16 bits per heavy atom. The number of hydrogen-bond acceptors (Lipinski definition) is 4. The van der Waals surface area contributed by atoms with Gasteiger partial charge in [-0.15, -0.1) is 0 Å². The van der Waals surface area contributed by atoms with Crippen molar-refractivity contribution in [2.45, 2.75) is 6.54 Å². The predicted octanol–water partition coefficient (Wildman–Crippen LogP) is -0.0833. The van der Waals surface area contributed by atoms with Crippen molar-refractivity contribution >= 4 is 17.8 Å². The number of aliphatic carboxylic acids is 1. The molecular formula is C17H20FN3O4. The number of likely N-dealkylation sites (N-methyl/N-ethyl adjacent to an activating group) is 1. The molecule has 0 bridgehead atoms. The second-order valence-electron chi connectivity index (χ2n) is 6.77. The number of carbonyl (C=O) groups is 3. The minimum atomic E-state index is -1.24. The van der Waals surface area contributed by atoms with E-state index in [1.54, 1.807) is 30.1 Å². The van der Waals surface area contributed by atoms with Gasteiger partial charge in [-0.2, -0.15) is 0 Å². The fourth-order valence-electron chi connectivity index (χ4n) is 3.58. The minimum absolute atomic E-state index is 0.0120. The summed E-state index contributed by atoms with van der Waals surface area (Å²) < 4.78 is 13.7. The van der Waals surface area contributed by atoms with Crippen molar-refractivity contribution < 1.29 is 23.9 Å². The van der Waals surface area contributed by atoms with E-state index in [2.05, 4.69) is 5.32 Å². The van der Waals surface area contributed by atoms with Gasteiger partial charge in [0.15, 0.2) is 0 Å². The number of carboxylic acid groups (broad SMARTS) is 1. The SMILES string of the molecule is CN(CC(=O)N1C[C@H]2C(=O)NC[C@@]2(C(=O)O)C1)Cc1ccccc1F. The van der Waals surface area contributed by atoms with Crippen molar-refractivity contribution in [3.63, 3.8) is 0 Å². The summed E-state index contributed by atoms with van der Waals surface area (Å²) >= 11 is 0. The van der Waals surface area contributed by atoms with Gasteiger partial charge in [0.2, 0.25) is 11.8 Å². The van der Waals surface area contributed by atoms with Crippen molar-refractivity contribution in [1.29, 1.82) is 0 Å². The van der Waals surface area contributed by atoms with Crippen LogP contribution in [-0.4, -0.2) is 65.9 Å². The Bertz CT molecular complexity index is 726. The van der Waals surface area contributed by atoms with Crippen LogP contribution in [0, 0.1) is 17.2 Å². The van der Waals surface area contributed by atoms with Crippen LogP contribution in [0.3, 0.4) is 0 Å². The van der Waals surface area contributed by atoms with Gasteiger partial charge in [-0.1, -0.05) is 18.2 Å². The molecule has 3 rings (SSSR count). The highest BCUT2D eigenvalue weighted by Gasteiger charge is 2.60. The molecule has 2 saturated heterocycles. The largest absolute Gasteiger partial charge is 0.481 e. The zero-order chi connectivity index (χ0) is 18.2. The third kappa shape index (κ3) is 3.09. The topological polar surface area (TPSA) is 90.0 Å². The molecule has 2 heterocycles. The number of likely N-dealkylation sites (tertiary alicyclic amines) is 1. The Labute approximate surface area is 144 Å². The van der Waals surface area contributed by atoms with E-state index in [4.69, 9.17) is 0 Å². The van der Waals surface area contributed by atoms with Crippen LogP contribution in [-0.2, 0) is 20.9 Å². The number of nitrogens with one attached hydrogen (secondary N) is 1. The van der Waals surface area contributed by atoms with Crippen LogP contribution in [0.5, 0.6) is 0 Å². The summed E-state index contributed by atoms with van der Waals surface area (Å²) in [6.07, 6.45) is 0. The molecule has 8 heteroatoms. The molecular weight excluding hydrogens is 329 g/mol. The van der Waals surface area contributed by atoms with E-state index in [1.807, 2.05) is 0 Å². The molecule has 2 fully saturated rings. The average molecular weight is 349 g/mol. The fraction of sp³-hybridized carbons (Fsp3) is 0.471. The van der Waals surface area contributed by atoms with Crippen molar-refractivity contribution in [3.05, 3.63) is 35.6 Å². The Kier molecular flexibility index (Phi) is 4.47. The molecule has 2 amide bonds. The first-order chi connectivity index (χ1) is 11.8. The second kappa shape index (κ2) is 6.44. The summed E-state index contributed by atoms with van der Waals surface area (Å²) in [5, 5.41) is 12.1. The van der Waals surface area contributed by atoms with Crippen LogP contribution in [0.1, 0.15) is 5.56 Å². The number of benzene rings is 1. The molecule has 7 nitrogen and oxygen atoms in total. The maximum Gasteiger partial charge on any atom is 0.314 e. The zero-order valence-electron chi connectivity index (χ0n) is 13.9. The third-order valence-electron chi connectivity index (χ3n) is 5.02. The first kappa shape index (κ1) is 17.3. The highest BCUT2D eigenvalue weighted by atomic mass is 19.1. The smallest absolute Gasteiger partial charge is 0.314 e. The van der Waals surface area contributed by atoms with Gasteiger partial charge in [0.25, 0.3) is 0 Å². The van der Waals surface area contributed by atoms with E-state index >= 15 is 0 Å². The molecule has 1 aromatic carbocycles. The van der Waals surface area contributed by atoms with Gasteiger partial charge in [-0.3, -0.25) is 19.3 Å². The van der Waals surface area contributed by atoms with Gasteiger partial charge in [-0.05, 0) is 13.1 Å². The molecule has 2 aliphatic heterocycles. The lowest BCUT2D eigenvalue weighted by molar-refractivity contribution is -0.150. The van der Waals surface area contributed by atoms with Crippen LogP contribution >= 0.6 is 0 Å². The number of nitrogens with zero attached hydrogens (tertiary/aromatic N) is 2. The van der Waals surface area contributed by atoms with Gasteiger partial charge in [0.1, 0.15) is 11.2 Å². The highest BCUT2D eigenvalue weighted by molar-refractivity contribution is 5.94. The number of carbonyl (C=O) groups excluding carboxylic acids is 2. The normalized spacial score (nSPS) is 25.2. The van der Waals surface area contributed by atoms with Gasteiger partial charge in [0.05, 0.1) is 12.5 Å². The van der Waals surface area contributed by atoms with E-state index in [0.717, 1.165) is 0 Å². The number of amides is 2. The molecule has 0 unspecified atom stereocenters. The Morgan fingerprint density at radius 3 is 2.80 bits per heavy atom.